The predicted octanol–water partition coefficient (Wildman–Crippen LogP) is 3.54. The summed E-state index contributed by atoms with van der Waals surface area (Å²) in [5.41, 5.74) is -0.134. The smallest absolute Gasteiger partial charge is 0.329 e. The normalized spacial score (nSPS) is 20.7. The molecule has 1 saturated heterocycles. The molecule has 1 unspecified atom stereocenters. The molecule has 1 aromatic heterocycles. The van der Waals surface area contributed by atoms with E-state index in [0.29, 0.717) is 29.4 Å². The van der Waals surface area contributed by atoms with Crippen LogP contribution in [0.1, 0.15) is 30.3 Å². The van der Waals surface area contributed by atoms with E-state index in [9.17, 15) is 14.7 Å². The number of aromatic nitrogens is 1. The first-order valence-corrected chi connectivity index (χ1v) is 8.45. The average molecular weight is 351 g/mol. The van der Waals surface area contributed by atoms with Gasteiger partial charge in [-0.2, -0.15) is 0 Å². The lowest BCUT2D eigenvalue weighted by atomic mass is 9.99. The second kappa shape index (κ2) is 5.94. The predicted molar refractivity (Wildman–Crippen MR) is 88.9 cm³/mol. The minimum Gasteiger partial charge on any atom is -0.480 e. The maximum absolute atomic E-state index is 12.7. The Morgan fingerprint density at radius 1 is 1.39 bits per heavy atom. The number of amides is 1. The van der Waals surface area contributed by atoms with Crippen molar-refractivity contribution in [1.29, 1.82) is 0 Å². The average Bonchev–Trinajstić information content (AvgIpc) is 3.15. The lowest BCUT2D eigenvalue weighted by Gasteiger charge is -2.30. The summed E-state index contributed by atoms with van der Waals surface area (Å²) >= 11 is 7.48. The Labute approximate surface area is 142 Å². The Bertz CT molecular complexity index is 776. The van der Waals surface area contributed by atoms with E-state index in [1.807, 2.05) is 18.2 Å². The molecule has 0 bridgehead atoms. The van der Waals surface area contributed by atoms with E-state index in [-0.39, 0.29) is 11.6 Å². The summed E-state index contributed by atoms with van der Waals surface area (Å²) in [5, 5.41) is 12.3. The number of carbonyl (C=O) groups excluding carboxylic acids is 1. The van der Waals surface area contributed by atoms with E-state index < -0.39 is 11.5 Å². The van der Waals surface area contributed by atoms with Gasteiger partial charge in [0.2, 0.25) is 0 Å². The SMILES string of the molecule is CC1(C(=O)O)CCCN1C(=O)c1csc(-c2ccccc2Cl)n1. The first kappa shape index (κ1) is 16.0. The van der Waals surface area contributed by atoms with Crippen molar-refractivity contribution in [2.45, 2.75) is 25.3 Å². The number of thiazole rings is 1. The molecule has 1 N–H and O–H groups in total. The summed E-state index contributed by atoms with van der Waals surface area (Å²) < 4.78 is 0. The molecule has 1 aliphatic rings. The summed E-state index contributed by atoms with van der Waals surface area (Å²) in [6.45, 7) is 2.02. The summed E-state index contributed by atoms with van der Waals surface area (Å²) in [6.07, 6.45) is 1.13. The minimum absolute atomic E-state index is 0.263. The van der Waals surface area contributed by atoms with Gasteiger partial charge in [-0.3, -0.25) is 4.79 Å². The van der Waals surface area contributed by atoms with Crippen LogP contribution in [0.3, 0.4) is 0 Å². The topological polar surface area (TPSA) is 70.5 Å². The van der Waals surface area contributed by atoms with E-state index in [0.717, 1.165) is 5.56 Å². The summed E-state index contributed by atoms with van der Waals surface area (Å²) in [6, 6.07) is 7.29. The lowest BCUT2D eigenvalue weighted by molar-refractivity contribution is -0.147. The fraction of sp³-hybridized carbons (Fsp3) is 0.312. The standard InChI is InChI=1S/C16H15ClN2O3S/c1-16(15(21)22)7-4-8-19(16)14(20)12-9-23-13(18-12)10-5-2-3-6-11(10)17/h2-3,5-6,9H,4,7-8H2,1H3,(H,21,22). The van der Waals surface area contributed by atoms with Gasteiger partial charge in [0.05, 0.1) is 5.02 Å². The van der Waals surface area contributed by atoms with Crippen molar-refractivity contribution in [3.63, 3.8) is 0 Å². The molecule has 0 aliphatic carbocycles. The van der Waals surface area contributed by atoms with Gasteiger partial charge in [-0.1, -0.05) is 29.8 Å². The minimum atomic E-state index is -1.16. The molecule has 120 valence electrons. The molecule has 1 atom stereocenters. The molecular weight excluding hydrogens is 336 g/mol. The third-order valence-corrected chi connectivity index (χ3v) is 5.38. The van der Waals surface area contributed by atoms with Crippen LogP contribution in [0.5, 0.6) is 0 Å². The summed E-state index contributed by atoms with van der Waals surface area (Å²) in [5.74, 6) is -1.33. The number of carbonyl (C=O) groups is 2. The van der Waals surface area contributed by atoms with Gasteiger partial charge in [0.25, 0.3) is 5.91 Å². The van der Waals surface area contributed by atoms with Crippen molar-refractivity contribution < 1.29 is 14.7 Å². The van der Waals surface area contributed by atoms with Crippen LogP contribution in [0.25, 0.3) is 10.6 Å². The van der Waals surface area contributed by atoms with E-state index in [1.54, 1.807) is 18.4 Å². The van der Waals surface area contributed by atoms with Crippen molar-refractivity contribution in [1.82, 2.24) is 9.88 Å². The molecule has 0 radical (unpaired) electrons. The quantitative estimate of drug-likeness (QED) is 0.919. The Hall–Kier alpha value is -1.92. The molecule has 1 fully saturated rings. The Morgan fingerprint density at radius 3 is 2.83 bits per heavy atom. The number of halogens is 1. The third-order valence-electron chi connectivity index (χ3n) is 4.17. The van der Waals surface area contributed by atoms with Crippen LogP contribution in [0.2, 0.25) is 5.02 Å². The monoisotopic (exact) mass is 350 g/mol. The van der Waals surface area contributed by atoms with Crippen LogP contribution >= 0.6 is 22.9 Å². The number of benzene rings is 1. The first-order valence-electron chi connectivity index (χ1n) is 7.19. The number of carboxylic acid groups (broad SMARTS) is 1. The molecule has 3 rings (SSSR count). The van der Waals surface area contributed by atoms with Gasteiger partial charge in [0, 0.05) is 17.5 Å². The van der Waals surface area contributed by atoms with Crippen molar-refractivity contribution >= 4 is 34.8 Å². The third kappa shape index (κ3) is 2.72. The van der Waals surface area contributed by atoms with Gasteiger partial charge in [-0.15, -0.1) is 11.3 Å². The van der Waals surface area contributed by atoms with Crippen LogP contribution in [0.15, 0.2) is 29.6 Å². The zero-order valence-electron chi connectivity index (χ0n) is 12.5. The highest BCUT2D eigenvalue weighted by Crippen LogP contribution is 2.33. The van der Waals surface area contributed by atoms with Gasteiger partial charge >= 0.3 is 5.97 Å². The molecule has 0 saturated carbocycles. The van der Waals surface area contributed by atoms with Crippen LogP contribution < -0.4 is 0 Å². The van der Waals surface area contributed by atoms with E-state index in [2.05, 4.69) is 4.98 Å². The summed E-state index contributed by atoms with van der Waals surface area (Å²) in [7, 11) is 0. The van der Waals surface area contributed by atoms with Crippen LogP contribution in [0, 0.1) is 0 Å². The molecule has 2 aromatic rings. The van der Waals surface area contributed by atoms with E-state index in [1.165, 1.54) is 16.2 Å². The Kier molecular flexibility index (Phi) is 4.12. The highest BCUT2D eigenvalue weighted by atomic mass is 35.5. The van der Waals surface area contributed by atoms with Gasteiger partial charge < -0.3 is 10.0 Å². The number of nitrogens with zero attached hydrogens (tertiary/aromatic N) is 2. The second-order valence-corrected chi connectivity index (χ2v) is 6.92. The number of aliphatic carboxylic acids is 1. The van der Waals surface area contributed by atoms with Crippen molar-refractivity contribution in [2.75, 3.05) is 6.54 Å². The molecule has 1 aliphatic heterocycles. The number of rotatable bonds is 3. The number of hydrogen-bond donors (Lipinski definition) is 1. The highest BCUT2D eigenvalue weighted by Gasteiger charge is 2.46. The molecular formula is C16H15ClN2O3S. The van der Waals surface area contributed by atoms with E-state index in [4.69, 9.17) is 11.6 Å². The maximum Gasteiger partial charge on any atom is 0.329 e. The molecule has 0 spiro atoms. The van der Waals surface area contributed by atoms with Crippen molar-refractivity contribution in [2.24, 2.45) is 0 Å². The van der Waals surface area contributed by atoms with Gasteiger partial charge in [-0.05, 0) is 25.8 Å². The zero-order chi connectivity index (χ0) is 16.6. The van der Waals surface area contributed by atoms with Crippen molar-refractivity contribution in [3.8, 4) is 10.6 Å². The fourth-order valence-electron chi connectivity index (χ4n) is 2.78. The number of hydrogen-bond acceptors (Lipinski definition) is 4. The molecule has 23 heavy (non-hydrogen) atoms. The second-order valence-electron chi connectivity index (χ2n) is 5.66. The van der Waals surface area contributed by atoms with Gasteiger partial charge in [0.1, 0.15) is 16.2 Å². The van der Waals surface area contributed by atoms with Crippen molar-refractivity contribution in [3.05, 3.63) is 40.4 Å². The van der Waals surface area contributed by atoms with E-state index >= 15 is 0 Å². The van der Waals surface area contributed by atoms with Crippen LogP contribution in [0.4, 0.5) is 0 Å². The molecule has 1 aromatic carbocycles. The molecule has 1 amide bonds. The lowest BCUT2D eigenvalue weighted by Crippen LogP contribution is -2.50. The van der Waals surface area contributed by atoms with Crippen LogP contribution in [-0.4, -0.2) is 39.0 Å². The maximum atomic E-state index is 12.7. The largest absolute Gasteiger partial charge is 0.480 e. The Balaban J connectivity index is 1.90. The number of likely N-dealkylation sites (tertiary alicyclic amines) is 1. The zero-order valence-corrected chi connectivity index (χ0v) is 14.0. The highest BCUT2D eigenvalue weighted by molar-refractivity contribution is 7.13. The molecule has 5 nitrogen and oxygen atoms in total. The van der Waals surface area contributed by atoms with Gasteiger partial charge in [-0.25, -0.2) is 9.78 Å². The number of carboxylic acids is 1. The Morgan fingerprint density at radius 2 is 2.13 bits per heavy atom. The first-order chi connectivity index (χ1) is 10.9. The molecule has 7 heteroatoms. The van der Waals surface area contributed by atoms with Crippen LogP contribution in [-0.2, 0) is 4.79 Å². The summed E-state index contributed by atoms with van der Waals surface area (Å²) in [4.78, 5) is 29.9. The van der Waals surface area contributed by atoms with Gasteiger partial charge in [0.15, 0.2) is 0 Å². The fourth-order valence-corrected chi connectivity index (χ4v) is 3.89. The molecule has 2 heterocycles.